The van der Waals surface area contributed by atoms with E-state index in [1.165, 1.54) is 27.9 Å². The zero-order valence-corrected chi connectivity index (χ0v) is 12.8. The first-order chi connectivity index (χ1) is 10.1. The maximum Gasteiger partial charge on any atom is 0.246 e. The molecule has 2 heterocycles. The number of hydrogen-bond acceptors (Lipinski definition) is 5. The van der Waals surface area contributed by atoms with E-state index in [2.05, 4.69) is 4.98 Å². The lowest BCUT2D eigenvalue weighted by molar-refractivity contribution is 0.401. The molecule has 7 heteroatoms. The van der Waals surface area contributed by atoms with Crippen molar-refractivity contribution in [1.29, 1.82) is 5.26 Å². The predicted octanol–water partition coefficient (Wildman–Crippen LogP) is 2.37. The second-order valence-corrected chi connectivity index (χ2v) is 7.71. The van der Waals surface area contributed by atoms with Gasteiger partial charge in [0.1, 0.15) is 11.0 Å². The summed E-state index contributed by atoms with van der Waals surface area (Å²) in [5, 5.41) is 11.0. The molecular weight excluding hydrogens is 306 g/mol. The maximum atomic E-state index is 12.9. The van der Waals surface area contributed by atoms with E-state index < -0.39 is 10.0 Å². The van der Waals surface area contributed by atoms with Crippen molar-refractivity contribution < 1.29 is 8.42 Å². The van der Waals surface area contributed by atoms with E-state index in [-0.39, 0.29) is 16.6 Å². The molecule has 0 bridgehead atoms. The summed E-state index contributed by atoms with van der Waals surface area (Å²) in [4.78, 5) is 4.85. The number of rotatable bonds is 5. The standard InChI is InChI=1S/C14H13N3O2S2/c15-9-13-14(4-1-7-16-13)21(18,19)17(11-5-6-11)10-12-3-2-8-20-12/h1-4,7-8,11H,5-6,10H2. The van der Waals surface area contributed by atoms with Gasteiger partial charge in [-0.05, 0) is 36.4 Å². The molecular formula is C14H13N3O2S2. The van der Waals surface area contributed by atoms with Crippen LogP contribution in [0.1, 0.15) is 23.4 Å². The van der Waals surface area contributed by atoms with Crippen LogP contribution in [0.2, 0.25) is 0 Å². The molecule has 1 aliphatic carbocycles. The minimum Gasteiger partial charge on any atom is -0.244 e. The second kappa shape index (κ2) is 5.56. The Morgan fingerprint density at radius 3 is 2.81 bits per heavy atom. The fraction of sp³-hybridized carbons (Fsp3) is 0.286. The van der Waals surface area contributed by atoms with Crippen molar-refractivity contribution in [3.8, 4) is 6.07 Å². The molecule has 0 atom stereocenters. The molecule has 2 aromatic rings. The number of pyridine rings is 1. The van der Waals surface area contributed by atoms with Crippen molar-refractivity contribution in [2.45, 2.75) is 30.3 Å². The number of hydrogen-bond donors (Lipinski definition) is 0. The van der Waals surface area contributed by atoms with Crippen LogP contribution >= 0.6 is 11.3 Å². The molecule has 0 aromatic carbocycles. The van der Waals surface area contributed by atoms with Crippen LogP contribution in [0.5, 0.6) is 0 Å². The van der Waals surface area contributed by atoms with Gasteiger partial charge < -0.3 is 0 Å². The van der Waals surface area contributed by atoms with Gasteiger partial charge in [0.15, 0.2) is 5.69 Å². The third-order valence-corrected chi connectivity index (χ3v) is 6.10. The lowest BCUT2D eigenvalue weighted by Crippen LogP contribution is -2.33. The molecule has 0 aliphatic heterocycles. The van der Waals surface area contributed by atoms with Gasteiger partial charge in [0, 0.05) is 23.7 Å². The summed E-state index contributed by atoms with van der Waals surface area (Å²) in [5.41, 5.74) is -0.0469. The molecule has 1 aliphatic rings. The molecule has 0 unspecified atom stereocenters. The smallest absolute Gasteiger partial charge is 0.244 e. The van der Waals surface area contributed by atoms with Gasteiger partial charge in [0.25, 0.3) is 0 Å². The summed E-state index contributed by atoms with van der Waals surface area (Å²) in [6.45, 7) is 0.352. The first kappa shape index (κ1) is 14.2. The van der Waals surface area contributed by atoms with Gasteiger partial charge in [-0.3, -0.25) is 0 Å². The first-order valence-corrected chi connectivity index (χ1v) is 8.84. The summed E-state index contributed by atoms with van der Waals surface area (Å²) in [6, 6.07) is 8.71. The van der Waals surface area contributed by atoms with Gasteiger partial charge in [-0.25, -0.2) is 13.4 Å². The molecule has 0 N–H and O–H groups in total. The Balaban J connectivity index is 2.00. The van der Waals surface area contributed by atoms with E-state index >= 15 is 0 Å². The molecule has 21 heavy (non-hydrogen) atoms. The molecule has 2 aromatic heterocycles. The van der Waals surface area contributed by atoms with Crippen LogP contribution in [0.4, 0.5) is 0 Å². The Bertz CT molecular complexity index is 775. The summed E-state index contributed by atoms with van der Waals surface area (Å²) in [7, 11) is -3.70. The van der Waals surface area contributed by atoms with Crippen LogP contribution in [-0.2, 0) is 16.6 Å². The van der Waals surface area contributed by atoms with Crippen molar-refractivity contribution in [1.82, 2.24) is 9.29 Å². The number of nitriles is 1. The number of nitrogens with zero attached hydrogens (tertiary/aromatic N) is 3. The van der Waals surface area contributed by atoms with E-state index in [1.807, 2.05) is 23.6 Å². The first-order valence-electron chi connectivity index (χ1n) is 6.52. The quantitative estimate of drug-likeness (QED) is 0.848. The molecule has 5 nitrogen and oxygen atoms in total. The van der Waals surface area contributed by atoms with Gasteiger partial charge in [-0.15, -0.1) is 11.3 Å². The molecule has 108 valence electrons. The average Bonchev–Trinajstić information content (AvgIpc) is 3.20. The van der Waals surface area contributed by atoms with Crippen molar-refractivity contribution in [3.63, 3.8) is 0 Å². The second-order valence-electron chi connectivity index (χ2n) is 4.82. The van der Waals surface area contributed by atoms with Crippen LogP contribution in [-0.4, -0.2) is 23.7 Å². The third kappa shape index (κ3) is 2.83. The number of sulfonamides is 1. The Morgan fingerprint density at radius 1 is 1.38 bits per heavy atom. The maximum absolute atomic E-state index is 12.9. The summed E-state index contributed by atoms with van der Waals surface area (Å²) in [6.07, 6.45) is 3.16. The molecule has 1 fully saturated rings. The minimum absolute atomic E-state index is 0.00374. The predicted molar refractivity (Wildman–Crippen MR) is 79.0 cm³/mol. The molecule has 0 amide bonds. The highest BCUT2D eigenvalue weighted by molar-refractivity contribution is 7.89. The fourth-order valence-corrected chi connectivity index (χ4v) is 4.68. The zero-order chi connectivity index (χ0) is 14.9. The van der Waals surface area contributed by atoms with Gasteiger partial charge in [0.05, 0.1) is 0 Å². The van der Waals surface area contributed by atoms with Crippen molar-refractivity contribution >= 4 is 21.4 Å². The zero-order valence-electron chi connectivity index (χ0n) is 11.1. The lowest BCUT2D eigenvalue weighted by atomic mass is 10.4. The normalized spacial score (nSPS) is 15.0. The van der Waals surface area contributed by atoms with Gasteiger partial charge in [-0.2, -0.15) is 9.57 Å². The monoisotopic (exact) mass is 319 g/mol. The van der Waals surface area contributed by atoms with E-state index in [4.69, 9.17) is 5.26 Å². The Morgan fingerprint density at radius 2 is 2.19 bits per heavy atom. The van der Waals surface area contributed by atoms with Crippen molar-refractivity contribution in [2.75, 3.05) is 0 Å². The molecule has 0 saturated heterocycles. The van der Waals surface area contributed by atoms with Gasteiger partial charge in [-0.1, -0.05) is 6.07 Å². The number of thiophene rings is 1. The highest BCUT2D eigenvalue weighted by Gasteiger charge is 2.39. The molecule has 0 spiro atoms. The van der Waals surface area contributed by atoms with Crippen LogP contribution in [0.15, 0.2) is 40.7 Å². The van der Waals surface area contributed by atoms with E-state index in [1.54, 1.807) is 6.07 Å². The highest BCUT2D eigenvalue weighted by Crippen LogP contribution is 2.34. The van der Waals surface area contributed by atoms with Crippen LogP contribution in [0.3, 0.4) is 0 Å². The molecule has 1 saturated carbocycles. The van der Waals surface area contributed by atoms with E-state index in [9.17, 15) is 8.42 Å². The summed E-state index contributed by atoms with van der Waals surface area (Å²) >= 11 is 1.53. The average molecular weight is 319 g/mol. The van der Waals surface area contributed by atoms with E-state index in [0.717, 1.165) is 17.7 Å². The summed E-state index contributed by atoms with van der Waals surface area (Å²) < 4.78 is 27.2. The van der Waals surface area contributed by atoms with Crippen LogP contribution in [0, 0.1) is 11.3 Å². The SMILES string of the molecule is N#Cc1ncccc1S(=O)(=O)N(Cc1cccs1)C1CC1. The largest absolute Gasteiger partial charge is 0.246 e. The Labute approximate surface area is 127 Å². The minimum atomic E-state index is -3.70. The van der Waals surface area contributed by atoms with Crippen molar-refractivity contribution in [3.05, 3.63) is 46.4 Å². The van der Waals surface area contributed by atoms with Crippen molar-refractivity contribution in [2.24, 2.45) is 0 Å². The van der Waals surface area contributed by atoms with E-state index in [0.29, 0.717) is 6.54 Å². The molecule has 0 radical (unpaired) electrons. The topological polar surface area (TPSA) is 74.1 Å². The van der Waals surface area contributed by atoms with Gasteiger partial charge >= 0.3 is 0 Å². The lowest BCUT2D eigenvalue weighted by Gasteiger charge is -2.21. The van der Waals surface area contributed by atoms with Crippen LogP contribution in [0.25, 0.3) is 0 Å². The molecule has 3 rings (SSSR count). The van der Waals surface area contributed by atoms with Gasteiger partial charge in [0.2, 0.25) is 10.0 Å². The Kier molecular flexibility index (Phi) is 3.76. The Hall–Kier alpha value is -1.75. The third-order valence-electron chi connectivity index (χ3n) is 3.31. The fourth-order valence-electron chi connectivity index (χ4n) is 2.14. The summed E-state index contributed by atoms with van der Waals surface area (Å²) in [5.74, 6) is 0. The highest BCUT2D eigenvalue weighted by atomic mass is 32.2. The van der Waals surface area contributed by atoms with Crippen LogP contribution < -0.4 is 0 Å². The number of aromatic nitrogens is 1.